The van der Waals surface area contributed by atoms with Gasteiger partial charge in [0.05, 0.1) is 0 Å². The Balaban J connectivity index is 2.00. The van der Waals surface area contributed by atoms with E-state index >= 15 is 0 Å². The molecule has 0 fully saturated rings. The topological polar surface area (TPSA) is 43.1 Å². The second kappa shape index (κ2) is 6.04. The summed E-state index contributed by atoms with van der Waals surface area (Å²) in [6.07, 6.45) is 0. The van der Waals surface area contributed by atoms with Gasteiger partial charge in [0, 0.05) is 16.1 Å². The van der Waals surface area contributed by atoms with Crippen LogP contribution in [0.4, 0.5) is 0 Å². The molecule has 0 saturated carbocycles. The van der Waals surface area contributed by atoms with E-state index in [0.717, 1.165) is 22.3 Å². The van der Waals surface area contributed by atoms with Crippen LogP contribution in [-0.2, 0) is 0 Å². The highest BCUT2D eigenvalue weighted by Gasteiger charge is 2.08. The lowest BCUT2D eigenvalue weighted by Gasteiger charge is -2.08. The number of carbonyl (C=O) groups excluding carboxylic acids is 1. The lowest BCUT2D eigenvalue weighted by atomic mass is 9.99. The van der Waals surface area contributed by atoms with Crippen LogP contribution in [0.1, 0.15) is 10.4 Å². The van der Waals surface area contributed by atoms with E-state index in [1.165, 1.54) is 0 Å². The number of carbonyl (C=O) groups is 1. The Morgan fingerprint density at radius 2 is 1.36 bits per heavy atom. The summed E-state index contributed by atoms with van der Waals surface area (Å²) < 4.78 is 0. The standard InChI is InChI=1S/C19H14ClNO/c20-18-11-10-16(19(21)22)12-17(18)15-8-6-14(7-9-15)13-4-2-1-3-5-13/h1-12H,(H2,21,22). The molecule has 22 heavy (non-hydrogen) atoms. The van der Waals surface area contributed by atoms with Crippen molar-refractivity contribution in [2.75, 3.05) is 0 Å². The van der Waals surface area contributed by atoms with Crippen molar-refractivity contribution in [2.45, 2.75) is 0 Å². The van der Waals surface area contributed by atoms with Gasteiger partial charge in [0.25, 0.3) is 0 Å². The Labute approximate surface area is 134 Å². The molecular formula is C19H14ClNO. The van der Waals surface area contributed by atoms with Crippen molar-refractivity contribution in [3.05, 3.63) is 83.4 Å². The summed E-state index contributed by atoms with van der Waals surface area (Å²) in [4.78, 5) is 11.3. The first kappa shape index (κ1) is 14.4. The molecule has 0 aliphatic carbocycles. The van der Waals surface area contributed by atoms with E-state index in [4.69, 9.17) is 17.3 Å². The van der Waals surface area contributed by atoms with Gasteiger partial charge in [-0.1, -0.05) is 66.2 Å². The minimum atomic E-state index is -0.459. The molecule has 2 nitrogen and oxygen atoms in total. The summed E-state index contributed by atoms with van der Waals surface area (Å²) in [5.41, 5.74) is 9.82. The third-order valence-corrected chi connectivity index (χ3v) is 3.88. The summed E-state index contributed by atoms with van der Waals surface area (Å²) in [5, 5.41) is 0.595. The zero-order valence-electron chi connectivity index (χ0n) is 11.8. The molecule has 1 amide bonds. The number of amides is 1. The molecule has 0 aliphatic rings. The fourth-order valence-corrected chi connectivity index (χ4v) is 2.60. The smallest absolute Gasteiger partial charge is 0.248 e. The number of primary amides is 1. The molecule has 0 aliphatic heterocycles. The van der Waals surface area contributed by atoms with Gasteiger partial charge in [0.2, 0.25) is 5.91 Å². The highest BCUT2D eigenvalue weighted by atomic mass is 35.5. The SMILES string of the molecule is NC(=O)c1ccc(Cl)c(-c2ccc(-c3ccccc3)cc2)c1. The van der Waals surface area contributed by atoms with Crippen LogP contribution in [0.25, 0.3) is 22.3 Å². The summed E-state index contributed by atoms with van der Waals surface area (Å²) in [6.45, 7) is 0. The van der Waals surface area contributed by atoms with Gasteiger partial charge in [-0.2, -0.15) is 0 Å². The summed E-state index contributed by atoms with van der Waals surface area (Å²) in [6, 6.07) is 23.3. The second-order valence-electron chi connectivity index (χ2n) is 5.00. The van der Waals surface area contributed by atoms with Crippen LogP contribution in [0.15, 0.2) is 72.8 Å². The third kappa shape index (κ3) is 2.87. The average molecular weight is 308 g/mol. The molecule has 0 saturated heterocycles. The quantitative estimate of drug-likeness (QED) is 0.744. The van der Waals surface area contributed by atoms with Crippen molar-refractivity contribution < 1.29 is 4.79 Å². The second-order valence-corrected chi connectivity index (χ2v) is 5.41. The van der Waals surface area contributed by atoms with Crippen molar-refractivity contribution in [1.29, 1.82) is 0 Å². The van der Waals surface area contributed by atoms with Gasteiger partial charge >= 0.3 is 0 Å². The molecule has 0 radical (unpaired) electrons. The van der Waals surface area contributed by atoms with Gasteiger partial charge in [-0.3, -0.25) is 4.79 Å². The molecule has 3 aromatic rings. The van der Waals surface area contributed by atoms with Crippen molar-refractivity contribution >= 4 is 17.5 Å². The van der Waals surface area contributed by atoms with E-state index in [2.05, 4.69) is 12.1 Å². The Morgan fingerprint density at radius 3 is 2.00 bits per heavy atom. The van der Waals surface area contributed by atoms with Crippen molar-refractivity contribution in [3.63, 3.8) is 0 Å². The monoisotopic (exact) mass is 307 g/mol. The molecule has 2 N–H and O–H groups in total. The Morgan fingerprint density at radius 1 is 0.773 bits per heavy atom. The van der Waals surface area contributed by atoms with Crippen molar-refractivity contribution in [2.24, 2.45) is 5.73 Å². The first-order chi connectivity index (χ1) is 10.6. The van der Waals surface area contributed by atoms with Crippen LogP contribution in [0.3, 0.4) is 0 Å². The zero-order chi connectivity index (χ0) is 15.5. The number of rotatable bonds is 3. The van der Waals surface area contributed by atoms with E-state index in [1.54, 1.807) is 18.2 Å². The van der Waals surface area contributed by atoms with E-state index in [0.29, 0.717) is 10.6 Å². The van der Waals surface area contributed by atoms with E-state index in [1.807, 2.05) is 42.5 Å². The minimum absolute atomic E-state index is 0.450. The van der Waals surface area contributed by atoms with Gasteiger partial charge in [0.15, 0.2) is 0 Å². The van der Waals surface area contributed by atoms with E-state index < -0.39 is 5.91 Å². The lowest BCUT2D eigenvalue weighted by Crippen LogP contribution is -2.10. The van der Waals surface area contributed by atoms with Gasteiger partial charge in [-0.25, -0.2) is 0 Å². The number of benzene rings is 3. The number of nitrogens with two attached hydrogens (primary N) is 1. The van der Waals surface area contributed by atoms with E-state index in [9.17, 15) is 4.79 Å². The highest BCUT2D eigenvalue weighted by molar-refractivity contribution is 6.33. The molecule has 108 valence electrons. The van der Waals surface area contributed by atoms with Gasteiger partial charge in [-0.05, 0) is 34.9 Å². The largest absolute Gasteiger partial charge is 0.366 e. The number of hydrogen-bond donors (Lipinski definition) is 1. The molecule has 0 spiro atoms. The maximum Gasteiger partial charge on any atom is 0.248 e. The fraction of sp³-hybridized carbons (Fsp3) is 0. The molecule has 0 unspecified atom stereocenters. The normalized spacial score (nSPS) is 10.4. The van der Waals surface area contributed by atoms with Crippen LogP contribution in [0.5, 0.6) is 0 Å². The van der Waals surface area contributed by atoms with Gasteiger partial charge < -0.3 is 5.73 Å². The predicted octanol–water partition coefficient (Wildman–Crippen LogP) is 4.77. The lowest BCUT2D eigenvalue weighted by molar-refractivity contribution is 0.100. The van der Waals surface area contributed by atoms with E-state index in [-0.39, 0.29) is 0 Å². The first-order valence-corrected chi connectivity index (χ1v) is 7.28. The van der Waals surface area contributed by atoms with Crippen LogP contribution < -0.4 is 5.73 Å². The van der Waals surface area contributed by atoms with Gasteiger partial charge in [-0.15, -0.1) is 0 Å². The van der Waals surface area contributed by atoms with Crippen LogP contribution >= 0.6 is 11.6 Å². The molecule has 3 rings (SSSR count). The molecule has 3 heteroatoms. The fourth-order valence-electron chi connectivity index (χ4n) is 2.37. The summed E-state index contributed by atoms with van der Waals surface area (Å²) in [5.74, 6) is -0.459. The molecule has 0 bridgehead atoms. The van der Waals surface area contributed by atoms with Crippen molar-refractivity contribution in [1.82, 2.24) is 0 Å². The summed E-state index contributed by atoms with van der Waals surface area (Å²) in [7, 11) is 0. The summed E-state index contributed by atoms with van der Waals surface area (Å²) >= 11 is 6.24. The third-order valence-electron chi connectivity index (χ3n) is 3.55. The van der Waals surface area contributed by atoms with Crippen LogP contribution in [0, 0.1) is 0 Å². The van der Waals surface area contributed by atoms with Crippen LogP contribution in [-0.4, -0.2) is 5.91 Å². The van der Waals surface area contributed by atoms with Gasteiger partial charge in [0.1, 0.15) is 0 Å². The Kier molecular flexibility index (Phi) is 3.94. The average Bonchev–Trinajstić information content (AvgIpc) is 2.56. The maximum absolute atomic E-state index is 11.3. The maximum atomic E-state index is 11.3. The van der Waals surface area contributed by atoms with Crippen LogP contribution in [0.2, 0.25) is 5.02 Å². The molecular weight excluding hydrogens is 294 g/mol. The molecule has 3 aromatic carbocycles. The zero-order valence-corrected chi connectivity index (χ0v) is 12.5. The Bertz CT molecular complexity index is 811. The van der Waals surface area contributed by atoms with Crippen molar-refractivity contribution in [3.8, 4) is 22.3 Å². The first-order valence-electron chi connectivity index (χ1n) is 6.90. The highest BCUT2D eigenvalue weighted by Crippen LogP contribution is 2.30. The number of hydrogen-bond acceptors (Lipinski definition) is 1. The minimum Gasteiger partial charge on any atom is -0.366 e. The molecule has 0 aromatic heterocycles. The molecule has 0 heterocycles. The number of halogens is 1. The molecule has 0 atom stereocenters. The predicted molar refractivity (Wildman–Crippen MR) is 90.8 cm³/mol. The Hall–Kier alpha value is -2.58.